The molecule has 0 saturated carbocycles. The fourth-order valence-corrected chi connectivity index (χ4v) is 3.49. The van der Waals surface area contributed by atoms with Gasteiger partial charge in [0.25, 0.3) is 0 Å². The van der Waals surface area contributed by atoms with Gasteiger partial charge in [0.2, 0.25) is 0 Å². The number of nitrogens with zero attached hydrogens (tertiary/aromatic N) is 2. The Labute approximate surface area is 179 Å². The molecule has 2 N–H and O–H groups in total. The SMILES string of the molecule is CCc1nc(CCNC(=NC)NCc2ccccc2OC(F)F)sc1C.I. The summed E-state index contributed by atoms with van der Waals surface area (Å²) in [7, 11) is 1.67. The van der Waals surface area contributed by atoms with E-state index in [1.165, 1.54) is 10.9 Å². The van der Waals surface area contributed by atoms with Crippen molar-refractivity contribution in [2.24, 2.45) is 4.99 Å². The number of halogens is 3. The van der Waals surface area contributed by atoms with Crippen molar-refractivity contribution in [3.63, 3.8) is 0 Å². The average Bonchev–Trinajstić information content (AvgIpc) is 2.98. The third-order valence-electron chi connectivity index (χ3n) is 3.76. The zero-order chi connectivity index (χ0) is 18.9. The summed E-state index contributed by atoms with van der Waals surface area (Å²) in [5, 5.41) is 7.42. The molecule has 0 spiro atoms. The van der Waals surface area contributed by atoms with Crippen LogP contribution in [0.4, 0.5) is 8.78 Å². The third kappa shape index (κ3) is 7.57. The van der Waals surface area contributed by atoms with Crippen LogP contribution in [0.1, 0.15) is 28.1 Å². The Kier molecular flexibility index (Phi) is 10.5. The second kappa shape index (κ2) is 12.1. The zero-order valence-corrected chi connectivity index (χ0v) is 18.7. The fraction of sp³-hybridized carbons (Fsp3) is 0.444. The van der Waals surface area contributed by atoms with Crippen LogP contribution in [0.3, 0.4) is 0 Å². The van der Waals surface area contributed by atoms with Gasteiger partial charge >= 0.3 is 6.61 Å². The van der Waals surface area contributed by atoms with Gasteiger partial charge in [-0.1, -0.05) is 25.1 Å². The van der Waals surface area contributed by atoms with E-state index in [4.69, 9.17) is 0 Å². The molecule has 0 bridgehead atoms. The second-order valence-electron chi connectivity index (χ2n) is 5.55. The van der Waals surface area contributed by atoms with E-state index in [0.717, 1.165) is 23.5 Å². The first kappa shape index (κ1) is 23.5. The molecular weight excluding hydrogens is 485 g/mol. The van der Waals surface area contributed by atoms with Gasteiger partial charge in [0.15, 0.2) is 5.96 Å². The van der Waals surface area contributed by atoms with Crippen LogP contribution in [-0.2, 0) is 19.4 Å². The van der Waals surface area contributed by atoms with Gasteiger partial charge in [-0.15, -0.1) is 35.3 Å². The predicted molar refractivity (Wildman–Crippen MR) is 117 cm³/mol. The average molecular weight is 510 g/mol. The van der Waals surface area contributed by atoms with Crippen LogP contribution in [0.25, 0.3) is 0 Å². The van der Waals surface area contributed by atoms with Gasteiger partial charge in [-0.05, 0) is 19.4 Å². The Balaban J connectivity index is 0.00000364. The Morgan fingerprint density at radius 3 is 2.67 bits per heavy atom. The van der Waals surface area contributed by atoms with Crippen molar-refractivity contribution < 1.29 is 13.5 Å². The number of aromatic nitrogens is 1. The molecule has 2 rings (SSSR count). The number of hydrogen-bond acceptors (Lipinski definition) is 4. The van der Waals surface area contributed by atoms with E-state index in [-0.39, 0.29) is 29.7 Å². The highest BCUT2D eigenvalue weighted by atomic mass is 127. The molecule has 0 radical (unpaired) electrons. The molecule has 0 atom stereocenters. The molecule has 0 aliphatic carbocycles. The van der Waals surface area contributed by atoms with Crippen molar-refractivity contribution in [3.8, 4) is 5.75 Å². The highest BCUT2D eigenvalue weighted by Gasteiger charge is 2.10. The van der Waals surface area contributed by atoms with Gasteiger partial charge in [-0.3, -0.25) is 4.99 Å². The minimum absolute atomic E-state index is 0. The van der Waals surface area contributed by atoms with E-state index in [0.29, 0.717) is 24.6 Å². The molecule has 2 aromatic rings. The van der Waals surface area contributed by atoms with Crippen LogP contribution in [0.5, 0.6) is 5.75 Å². The summed E-state index contributed by atoms with van der Waals surface area (Å²) in [5.41, 5.74) is 1.79. The van der Waals surface area contributed by atoms with E-state index in [9.17, 15) is 8.78 Å². The number of aliphatic imine (C=N–C) groups is 1. The molecule has 0 aliphatic rings. The van der Waals surface area contributed by atoms with Gasteiger partial charge in [-0.25, -0.2) is 4.98 Å². The van der Waals surface area contributed by atoms with Crippen LogP contribution >= 0.6 is 35.3 Å². The monoisotopic (exact) mass is 510 g/mol. The van der Waals surface area contributed by atoms with Crippen LogP contribution in [0.15, 0.2) is 29.3 Å². The van der Waals surface area contributed by atoms with Crippen molar-refractivity contribution in [3.05, 3.63) is 45.4 Å². The summed E-state index contributed by atoms with van der Waals surface area (Å²) in [6.45, 7) is 2.37. The maximum atomic E-state index is 12.5. The highest BCUT2D eigenvalue weighted by Crippen LogP contribution is 2.20. The zero-order valence-electron chi connectivity index (χ0n) is 15.6. The van der Waals surface area contributed by atoms with Crippen LogP contribution < -0.4 is 15.4 Å². The first-order valence-corrected chi connectivity index (χ1v) is 9.27. The molecular formula is C18H25F2IN4OS. The quantitative estimate of drug-likeness (QED) is 0.319. The number of hydrogen-bond donors (Lipinski definition) is 2. The second-order valence-corrected chi connectivity index (χ2v) is 6.84. The summed E-state index contributed by atoms with van der Waals surface area (Å²) in [6.07, 6.45) is 1.75. The Morgan fingerprint density at radius 2 is 2.04 bits per heavy atom. The van der Waals surface area contributed by atoms with Crippen molar-refractivity contribution in [2.75, 3.05) is 13.6 Å². The van der Waals surface area contributed by atoms with Gasteiger partial charge < -0.3 is 15.4 Å². The van der Waals surface area contributed by atoms with Crippen molar-refractivity contribution >= 4 is 41.3 Å². The molecule has 5 nitrogen and oxygen atoms in total. The maximum Gasteiger partial charge on any atom is 0.387 e. The van der Waals surface area contributed by atoms with Crippen LogP contribution in [0.2, 0.25) is 0 Å². The lowest BCUT2D eigenvalue weighted by Gasteiger charge is -2.14. The topological polar surface area (TPSA) is 58.5 Å². The molecule has 1 aromatic heterocycles. The van der Waals surface area contributed by atoms with Gasteiger partial charge in [-0.2, -0.15) is 8.78 Å². The number of alkyl halides is 2. The van der Waals surface area contributed by atoms with E-state index < -0.39 is 6.61 Å². The number of para-hydroxylation sites is 1. The number of thiazole rings is 1. The first-order valence-electron chi connectivity index (χ1n) is 8.45. The number of guanidine groups is 1. The normalized spacial score (nSPS) is 11.3. The minimum atomic E-state index is -2.84. The lowest BCUT2D eigenvalue weighted by Crippen LogP contribution is -2.37. The molecule has 1 aromatic carbocycles. The molecule has 0 amide bonds. The standard InChI is InChI=1S/C18H24F2N4OS.HI/c1-4-14-12(2)26-16(24-14)9-10-22-18(21-3)23-11-13-7-5-6-8-15(13)25-17(19)20;/h5-8,17H,4,9-11H2,1-3H3,(H2,21,22,23);1H. The molecule has 0 saturated heterocycles. The van der Waals surface area contributed by atoms with Gasteiger partial charge in [0, 0.05) is 37.0 Å². The summed E-state index contributed by atoms with van der Waals surface area (Å²) < 4.78 is 29.5. The van der Waals surface area contributed by atoms with E-state index >= 15 is 0 Å². The molecule has 150 valence electrons. The Morgan fingerprint density at radius 1 is 1.30 bits per heavy atom. The first-order chi connectivity index (χ1) is 12.5. The summed E-state index contributed by atoms with van der Waals surface area (Å²) in [4.78, 5) is 10.0. The van der Waals surface area contributed by atoms with E-state index in [2.05, 4.69) is 39.2 Å². The number of nitrogens with one attached hydrogen (secondary N) is 2. The molecule has 27 heavy (non-hydrogen) atoms. The Bertz CT molecular complexity index is 740. The lowest BCUT2D eigenvalue weighted by molar-refractivity contribution is -0.0504. The van der Waals surface area contributed by atoms with Crippen molar-refractivity contribution in [1.29, 1.82) is 0 Å². The van der Waals surface area contributed by atoms with Crippen LogP contribution in [-0.4, -0.2) is 31.1 Å². The van der Waals surface area contributed by atoms with E-state index in [1.807, 2.05) is 0 Å². The molecule has 9 heteroatoms. The third-order valence-corrected chi connectivity index (χ3v) is 4.83. The largest absolute Gasteiger partial charge is 0.434 e. The molecule has 0 aliphatic heterocycles. The van der Waals surface area contributed by atoms with E-state index in [1.54, 1.807) is 36.6 Å². The van der Waals surface area contributed by atoms with Gasteiger partial charge in [0.05, 0.1) is 10.7 Å². The minimum Gasteiger partial charge on any atom is -0.434 e. The van der Waals surface area contributed by atoms with Crippen molar-refractivity contribution in [2.45, 2.75) is 39.8 Å². The fourth-order valence-electron chi connectivity index (χ4n) is 2.47. The van der Waals surface area contributed by atoms with Crippen molar-refractivity contribution in [1.82, 2.24) is 15.6 Å². The number of ether oxygens (including phenoxy) is 1. The summed E-state index contributed by atoms with van der Waals surface area (Å²) in [5.74, 6) is 0.761. The number of rotatable bonds is 8. The smallest absolute Gasteiger partial charge is 0.387 e. The van der Waals surface area contributed by atoms with Crippen LogP contribution in [0, 0.1) is 6.92 Å². The number of aryl methyl sites for hydroxylation is 2. The summed E-state index contributed by atoms with van der Waals surface area (Å²) in [6, 6.07) is 6.70. The lowest BCUT2D eigenvalue weighted by atomic mass is 10.2. The predicted octanol–water partition coefficient (Wildman–Crippen LogP) is 4.14. The highest BCUT2D eigenvalue weighted by molar-refractivity contribution is 14.0. The molecule has 0 unspecified atom stereocenters. The summed E-state index contributed by atoms with van der Waals surface area (Å²) >= 11 is 1.72. The Hall–Kier alpha value is -1.49. The number of benzene rings is 1. The molecule has 1 heterocycles. The molecule has 0 fully saturated rings. The van der Waals surface area contributed by atoms with Gasteiger partial charge in [0.1, 0.15) is 5.75 Å². The maximum absolute atomic E-state index is 12.5.